The maximum atomic E-state index is 13.0. The number of benzene rings is 2. The molecule has 1 saturated heterocycles. The molecule has 5 nitrogen and oxygen atoms in total. The second-order valence-corrected chi connectivity index (χ2v) is 7.31. The van der Waals surface area contributed by atoms with Gasteiger partial charge in [-0.05, 0) is 25.0 Å². The topological polar surface area (TPSA) is 49.9 Å². The Kier molecular flexibility index (Phi) is 5.79. The van der Waals surface area contributed by atoms with Crippen LogP contribution in [-0.4, -0.2) is 48.0 Å². The van der Waals surface area contributed by atoms with Crippen molar-refractivity contribution in [2.75, 3.05) is 26.2 Å². The van der Waals surface area contributed by atoms with Crippen molar-refractivity contribution < 1.29 is 14.3 Å². The molecular weight excluding hydrogens is 340 g/mol. The molecule has 0 aromatic heterocycles. The number of hydrogen-bond acceptors (Lipinski definition) is 3. The minimum Gasteiger partial charge on any atom is -0.445 e. The van der Waals surface area contributed by atoms with Crippen LogP contribution in [0.4, 0.5) is 4.79 Å². The zero-order valence-electron chi connectivity index (χ0n) is 15.9. The summed E-state index contributed by atoms with van der Waals surface area (Å²) in [5.41, 5.74) is 1.38. The van der Waals surface area contributed by atoms with Gasteiger partial charge in [0.05, 0.1) is 5.41 Å². The zero-order chi connectivity index (χ0) is 19.3. The van der Waals surface area contributed by atoms with Crippen molar-refractivity contribution in [3.8, 4) is 0 Å². The van der Waals surface area contributed by atoms with Crippen LogP contribution < -0.4 is 0 Å². The maximum Gasteiger partial charge on any atom is 0.410 e. The fourth-order valence-electron chi connectivity index (χ4n) is 3.28. The molecule has 1 aliphatic rings. The molecule has 0 aliphatic carbocycles. The van der Waals surface area contributed by atoms with Crippen molar-refractivity contribution in [1.29, 1.82) is 0 Å². The zero-order valence-corrected chi connectivity index (χ0v) is 15.9. The summed E-state index contributed by atoms with van der Waals surface area (Å²) in [6, 6.07) is 19.4. The number of amides is 2. The molecule has 1 heterocycles. The van der Waals surface area contributed by atoms with Gasteiger partial charge in [-0.15, -0.1) is 0 Å². The number of nitrogens with zero attached hydrogens (tertiary/aromatic N) is 2. The normalized spacial score (nSPS) is 14.7. The standard InChI is InChI=1S/C22H26N2O3/c1-22(2,19-11-7-4-8-12-19)20(25)23-13-15-24(16-14-23)21(26)27-17-18-9-5-3-6-10-18/h3-12H,13-17H2,1-2H3. The van der Waals surface area contributed by atoms with E-state index in [4.69, 9.17) is 4.74 Å². The highest BCUT2D eigenvalue weighted by molar-refractivity contribution is 5.87. The number of rotatable bonds is 4. The van der Waals surface area contributed by atoms with Gasteiger partial charge in [-0.2, -0.15) is 0 Å². The van der Waals surface area contributed by atoms with Gasteiger partial charge in [-0.3, -0.25) is 4.79 Å². The van der Waals surface area contributed by atoms with Crippen LogP contribution in [0.3, 0.4) is 0 Å². The molecule has 0 atom stereocenters. The lowest BCUT2D eigenvalue weighted by Crippen LogP contribution is -2.54. The average molecular weight is 366 g/mol. The Morgan fingerprint density at radius 1 is 0.852 bits per heavy atom. The van der Waals surface area contributed by atoms with E-state index in [0.29, 0.717) is 26.2 Å². The molecule has 5 heteroatoms. The van der Waals surface area contributed by atoms with Crippen LogP contribution in [-0.2, 0) is 21.6 Å². The summed E-state index contributed by atoms with van der Waals surface area (Å²) >= 11 is 0. The van der Waals surface area contributed by atoms with Crippen LogP contribution in [0.15, 0.2) is 60.7 Å². The van der Waals surface area contributed by atoms with Gasteiger partial charge in [0, 0.05) is 26.2 Å². The van der Waals surface area contributed by atoms with E-state index in [1.165, 1.54) is 0 Å². The number of carbonyl (C=O) groups is 2. The molecule has 1 aliphatic heterocycles. The van der Waals surface area contributed by atoms with E-state index >= 15 is 0 Å². The third-order valence-electron chi connectivity index (χ3n) is 5.06. The van der Waals surface area contributed by atoms with Crippen LogP contribution in [0.1, 0.15) is 25.0 Å². The van der Waals surface area contributed by atoms with Crippen molar-refractivity contribution in [3.63, 3.8) is 0 Å². The first-order chi connectivity index (χ1) is 13.0. The fourth-order valence-corrected chi connectivity index (χ4v) is 3.28. The molecule has 1 fully saturated rings. The first kappa shape index (κ1) is 19.0. The molecule has 3 rings (SSSR count). The van der Waals surface area contributed by atoms with Crippen LogP contribution in [0.2, 0.25) is 0 Å². The van der Waals surface area contributed by atoms with E-state index in [1.54, 1.807) is 4.90 Å². The second-order valence-electron chi connectivity index (χ2n) is 7.31. The molecule has 0 saturated carbocycles. The summed E-state index contributed by atoms with van der Waals surface area (Å²) in [5.74, 6) is 0.0889. The fraction of sp³-hybridized carbons (Fsp3) is 0.364. The Labute approximate surface area is 160 Å². The largest absolute Gasteiger partial charge is 0.445 e. The molecular formula is C22H26N2O3. The lowest BCUT2D eigenvalue weighted by molar-refractivity contribution is -0.137. The van der Waals surface area contributed by atoms with Crippen LogP contribution in [0.5, 0.6) is 0 Å². The van der Waals surface area contributed by atoms with Gasteiger partial charge >= 0.3 is 6.09 Å². The Balaban J connectivity index is 1.52. The number of hydrogen-bond donors (Lipinski definition) is 0. The number of piperazine rings is 1. The first-order valence-electron chi connectivity index (χ1n) is 9.29. The summed E-state index contributed by atoms with van der Waals surface area (Å²) in [6.07, 6.45) is -0.326. The van der Waals surface area contributed by atoms with Crippen molar-refractivity contribution in [2.45, 2.75) is 25.9 Å². The Morgan fingerprint density at radius 3 is 1.96 bits per heavy atom. The Bertz CT molecular complexity index is 767. The highest BCUT2D eigenvalue weighted by Gasteiger charge is 2.35. The molecule has 0 bridgehead atoms. The highest BCUT2D eigenvalue weighted by Crippen LogP contribution is 2.26. The van der Waals surface area contributed by atoms with E-state index in [-0.39, 0.29) is 18.6 Å². The smallest absolute Gasteiger partial charge is 0.410 e. The van der Waals surface area contributed by atoms with Crippen molar-refractivity contribution in [2.24, 2.45) is 0 Å². The quantitative estimate of drug-likeness (QED) is 0.833. The summed E-state index contributed by atoms with van der Waals surface area (Å²) < 4.78 is 5.38. The van der Waals surface area contributed by atoms with Crippen LogP contribution in [0.25, 0.3) is 0 Å². The van der Waals surface area contributed by atoms with E-state index in [2.05, 4.69) is 0 Å². The highest BCUT2D eigenvalue weighted by atomic mass is 16.6. The summed E-state index contributed by atoms with van der Waals surface area (Å²) in [6.45, 7) is 6.19. The lowest BCUT2D eigenvalue weighted by atomic mass is 9.83. The average Bonchev–Trinajstić information content (AvgIpc) is 2.73. The minimum absolute atomic E-state index is 0.0889. The SMILES string of the molecule is CC(C)(C(=O)N1CCN(C(=O)OCc2ccccc2)CC1)c1ccccc1. The molecule has 0 N–H and O–H groups in total. The monoisotopic (exact) mass is 366 g/mol. The second kappa shape index (κ2) is 8.25. The number of carbonyl (C=O) groups excluding carboxylic acids is 2. The Hall–Kier alpha value is -2.82. The van der Waals surface area contributed by atoms with Crippen molar-refractivity contribution in [3.05, 3.63) is 71.8 Å². The predicted molar refractivity (Wildman–Crippen MR) is 104 cm³/mol. The molecule has 2 aromatic rings. The first-order valence-corrected chi connectivity index (χ1v) is 9.29. The van der Waals surface area contributed by atoms with Crippen molar-refractivity contribution in [1.82, 2.24) is 9.80 Å². The molecule has 0 radical (unpaired) electrons. The summed E-state index contributed by atoms with van der Waals surface area (Å²) in [7, 11) is 0. The van der Waals surface area contributed by atoms with E-state index in [9.17, 15) is 9.59 Å². The van der Waals surface area contributed by atoms with Gasteiger partial charge in [0.15, 0.2) is 0 Å². The molecule has 27 heavy (non-hydrogen) atoms. The van der Waals surface area contributed by atoms with E-state index < -0.39 is 5.41 Å². The molecule has 0 spiro atoms. The molecule has 2 aromatic carbocycles. The maximum absolute atomic E-state index is 13.0. The third-order valence-corrected chi connectivity index (χ3v) is 5.06. The van der Waals surface area contributed by atoms with E-state index in [0.717, 1.165) is 11.1 Å². The third kappa shape index (κ3) is 4.48. The Morgan fingerprint density at radius 2 is 1.37 bits per heavy atom. The predicted octanol–water partition coefficient (Wildman–Crippen LogP) is 3.45. The van der Waals surface area contributed by atoms with Gasteiger partial charge in [0.1, 0.15) is 6.61 Å². The van der Waals surface area contributed by atoms with Gasteiger partial charge in [0.2, 0.25) is 5.91 Å². The van der Waals surface area contributed by atoms with Gasteiger partial charge < -0.3 is 14.5 Å². The summed E-state index contributed by atoms with van der Waals surface area (Å²) in [4.78, 5) is 28.8. The van der Waals surface area contributed by atoms with E-state index in [1.807, 2.05) is 79.4 Å². The lowest BCUT2D eigenvalue weighted by Gasteiger charge is -2.38. The number of ether oxygens (including phenoxy) is 1. The molecule has 2 amide bonds. The van der Waals surface area contributed by atoms with Crippen molar-refractivity contribution >= 4 is 12.0 Å². The molecule has 0 unspecified atom stereocenters. The minimum atomic E-state index is -0.586. The van der Waals surface area contributed by atoms with Gasteiger partial charge in [0.25, 0.3) is 0 Å². The van der Waals surface area contributed by atoms with Crippen LogP contribution in [0, 0.1) is 0 Å². The summed E-state index contributed by atoms with van der Waals surface area (Å²) in [5, 5.41) is 0. The van der Waals surface area contributed by atoms with Gasteiger partial charge in [-0.25, -0.2) is 4.79 Å². The molecule has 142 valence electrons. The van der Waals surface area contributed by atoms with Gasteiger partial charge in [-0.1, -0.05) is 60.7 Å². The van der Waals surface area contributed by atoms with Crippen LogP contribution >= 0.6 is 0 Å².